The maximum atomic E-state index is 12.7. The van der Waals surface area contributed by atoms with Crippen molar-refractivity contribution in [3.8, 4) is 5.75 Å². The third-order valence-electron chi connectivity index (χ3n) is 2.98. The normalized spacial score (nSPS) is 10.7. The standard InChI is InChI=1S/C16H13FN2O3S2/c17-11-1-3-12(4-2-11)21-6-7-22-14(20)9-24-16-13-5-8-23-15(13)18-10-19-16/h1-5,8,10H,6-7,9H2. The van der Waals surface area contributed by atoms with Crippen molar-refractivity contribution in [3.05, 3.63) is 47.9 Å². The first-order chi connectivity index (χ1) is 11.7. The zero-order valence-corrected chi connectivity index (χ0v) is 14.1. The molecule has 0 aliphatic carbocycles. The van der Waals surface area contributed by atoms with Gasteiger partial charge in [-0.1, -0.05) is 11.8 Å². The van der Waals surface area contributed by atoms with E-state index in [1.165, 1.54) is 53.7 Å². The molecule has 124 valence electrons. The summed E-state index contributed by atoms with van der Waals surface area (Å²) in [7, 11) is 0. The van der Waals surface area contributed by atoms with Crippen LogP contribution in [0.2, 0.25) is 0 Å². The minimum absolute atomic E-state index is 0.133. The number of nitrogens with zero attached hydrogens (tertiary/aromatic N) is 2. The lowest BCUT2D eigenvalue weighted by molar-refractivity contribution is -0.141. The molecule has 0 bridgehead atoms. The van der Waals surface area contributed by atoms with Crippen LogP contribution in [0.5, 0.6) is 5.75 Å². The lowest BCUT2D eigenvalue weighted by Gasteiger charge is -2.07. The number of aromatic nitrogens is 2. The summed E-state index contributed by atoms with van der Waals surface area (Å²) in [5.74, 6) is 0.0287. The van der Waals surface area contributed by atoms with Crippen LogP contribution in [0.4, 0.5) is 4.39 Å². The Kier molecular flexibility index (Phi) is 5.60. The second kappa shape index (κ2) is 8.07. The van der Waals surface area contributed by atoms with E-state index in [9.17, 15) is 9.18 Å². The van der Waals surface area contributed by atoms with E-state index >= 15 is 0 Å². The molecule has 8 heteroatoms. The van der Waals surface area contributed by atoms with Crippen LogP contribution in [0.15, 0.2) is 47.1 Å². The molecule has 3 rings (SSSR count). The van der Waals surface area contributed by atoms with Crippen molar-refractivity contribution in [1.82, 2.24) is 9.97 Å². The Morgan fingerprint density at radius 1 is 1.17 bits per heavy atom. The summed E-state index contributed by atoms with van der Waals surface area (Å²) in [6.45, 7) is 0.346. The van der Waals surface area contributed by atoms with E-state index in [0.29, 0.717) is 5.75 Å². The predicted molar refractivity (Wildman–Crippen MR) is 91.0 cm³/mol. The number of esters is 1. The van der Waals surface area contributed by atoms with Crippen LogP contribution in [0.25, 0.3) is 10.2 Å². The molecule has 0 amide bonds. The first kappa shape index (κ1) is 16.7. The average Bonchev–Trinajstić information content (AvgIpc) is 3.07. The van der Waals surface area contributed by atoms with Crippen LogP contribution in [0, 0.1) is 5.82 Å². The molecule has 0 atom stereocenters. The number of thioether (sulfide) groups is 1. The van der Waals surface area contributed by atoms with E-state index in [1.807, 2.05) is 11.4 Å². The molecule has 0 N–H and O–H groups in total. The zero-order chi connectivity index (χ0) is 16.8. The number of thiophene rings is 1. The van der Waals surface area contributed by atoms with E-state index < -0.39 is 0 Å². The molecular weight excluding hydrogens is 351 g/mol. The lowest BCUT2D eigenvalue weighted by Crippen LogP contribution is -2.13. The number of carbonyl (C=O) groups is 1. The van der Waals surface area contributed by atoms with Gasteiger partial charge in [-0.15, -0.1) is 11.3 Å². The second-order valence-corrected chi connectivity index (χ2v) is 6.49. The van der Waals surface area contributed by atoms with Crippen molar-refractivity contribution in [2.24, 2.45) is 0 Å². The summed E-state index contributed by atoms with van der Waals surface area (Å²) >= 11 is 2.85. The molecule has 2 heterocycles. The summed E-state index contributed by atoms with van der Waals surface area (Å²) < 4.78 is 23.2. The van der Waals surface area contributed by atoms with E-state index in [-0.39, 0.29) is 30.8 Å². The summed E-state index contributed by atoms with van der Waals surface area (Å²) in [5, 5.41) is 3.65. The van der Waals surface area contributed by atoms with Crippen LogP contribution in [0.1, 0.15) is 0 Å². The molecule has 5 nitrogen and oxygen atoms in total. The molecule has 0 radical (unpaired) electrons. The van der Waals surface area contributed by atoms with Gasteiger partial charge in [-0.05, 0) is 35.7 Å². The molecule has 0 aliphatic rings. The molecule has 0 saturated carbocycles. The largest absolute Gasteiger partial charge is 0.490 e. The van der Waals surface area contributed by atoms with Gasteiger partial charge >= 0.3 is 5.97 Å². The van der Waals surface area contributed by atoms with Crippen molar-refractivity contribution in [2.45, 2.75) is 5.03 Å². The van der Waals surface area contributed by atoms with Crippen molar-refractivity contribution in [2.75, 3.05) is 19.0 Å². The van der Waals surface area contributed by atoms with Gasteiger partial charge in [0.25, 0.3) is 0 Å². The molecule has 24 heavy (non-hydrogen) atoms. The summed E-state index contributed by atoms with van der Waals surface area (Å²) in [6.07, 6.45) is 1.49. The molecule has 2 aromatic heterocycles. The summed E-state index contributed by atoms with van der Waals surface area (Å²) in [5.41, 5.74) is 0. The molecule has 1 aromatic carbocycles. The number of hydrogen-bond donors (Lipinski definition) is 0. The molecule has 0 spiro atoms. The van der Waals surface area contributed by atoms with E-state index in [2.05, 4.69) is 9.97 Å². The van der Waals surface area contributed by atoms with Gasteiger partial charge in [0.1, 0.15) is 41.0 Å². The highest BCUT2D eigenvalue weighted by atomic mass is 32.2. The third-order valence-corrected chi connectivity index (χ3v) is 4.78. The highest BCUT2D eigenvalue weighted by Gasteiger charge is 2.09. The minimum Gasteiger partial charge on any atom is -0.490 e. The zero-order valence-electron chi connectivity index (χ0n) is 12.5. The molecule has 0 unspecified atom stereocenters. The number of carbonyl (C=O) groups excluding carboxylic acids is 1. The fraction of sp³-hybridized carbons (Fsp3) is 0.188. The van der Waals surface area contributed by atoms with Gasteiger partial charge in [0.2, 0.25) is 0 Å². The Morgan fingerprint density at radius 3 is 2.83 bits per heavy atom. The maximum Gasteiger partial charge on any atom is 0.316 e. The van der Waals surface area contributed by atoms with Crippen LogP contribution >= 0.6 is 23.1 Å². The Balaban J connectivity index is 1.40. The van der Waals surface area contributed by atoms with Gasteiger partial charge < -0.3 is 9.47 Å². The van der Waals surface area contributed by atoms with E-state index in [0.717, 1.165) is 15.2 Å². The summed E-state index contributed by atoms with van der Waals surface area (Å²) in [4.78, 5) is 21.0. The quantitative estimate of drug-likeness (QED) is 0.277. The topological polar surface area (TPSA) is 61.3 Å². The highest BCUT2D eigenvalue weighted by molar-refractivity contribution is 8.00. The first-order valence-corrected chi connectivity index (χ1v) is 8.94. The van der Waals surface area contributed by atoms with Gasteiger partial charge in [-0.25, -0.2) is 14.4 Å². The number of rotatable bonds is 7. The van der Waals surface area contributed by atoms with Crippen LogP contribution in [-0.4, -0.2) is 34.9 Å². The second-order valence-electron chi connectivity index (χ2n) is 4.63. The third kappa shape index (κ3) is 4.42. The van der Waals surface area contributed by atoms with E-state index in [4.69, 9.17) is 9.47 Å². The monoisotopic (exact) mass is 364 g/mol. The SMILES string of the molecule is O=C(CSc1ncnc2sccc12)OCCOc1ccc(F)cc1. The van der Waals surface area contributed by atoms with Crippen LogP contribution < -0.4 is 4.74 Å². The summed E-state index contributed by atoms with van der Waals surface area (Å²) in [6, 6.07) is 7.60. The molecular formula is C16H13FN2O3S2. The fourth-order valence-corrected chi connectivity index (χ4v) is 3.47. The average molecular weight is 364 g/mol. The number of hydrogen-bond acceptors (Lipinski definition) is 7. The molecule has 0 aliphatic heterocycles. The minimum atomic E-state index is -0.343. The van der Waals surface area contributed by atoms with Crippen molar-refractivity contribution in [3.63, 3.8) is 0 Å². The van der Waals surface area contributed by atoms with Gasteiger partial charge in [0.05, 0.1) is 5.75 Å². The number of fused-ring (bicyclic) bond motifs is 1. The van der Waals surface area contributed by atoms with Gasteiger partial charge in [0, 0.05) is 5.39 Å². The Hall–Kier alpha value is -2.19. The first-order valence-electron chi connectivity index (χ1n) is 7.07. The molecule has 0 fully saturated rings. The molecule has 3 aromatic rings. The Bertz CT molecular complexity index is 824. The van der Waals surface area contributed by atoms with Gasteiger partial charge in [-0.3, -0.25) is 4.79 Å². The highest BCUT2D eigenvalue weighted by Crippen LogP contribution is 2.27. The van der Waals surface area contributed by atoms with Crippen molar-refractivity contribution >= 4 is 39.3 Å². The van der Waals surface area contributed by atoms with Crippen LogP contribution in [0.3, 0.4) is 0 Å². The number of ether oxygens (including phenoxy) is 2. The molecule has 0 saturated heterocycles. The fourth-order valence-electron chi connectivity index (χ4n) is 1.90. The predicted octanol–water partition coefficient (Wildman–Crippen LogP) is 3.54. The van der Waals surface area contributed by atoms with Gasteiger partial charge in [-0.2, -0.15) is 0 Å². The van der Waals surface area contributed by atoms with Gasteiger partial charge in [0.15, 0.2) is 0 Å². The van der Waals surface area contributed by atoms with Crippen molar-refractivity contribution < 1.29 is 18.7 Å². The lowest BCUT2D eigenvalue weighted by atomic mass is 10.3. The Morgan fingerprint density at radius 2 is 2.00 bits per heavy atom. The van der Waals surface area contributed by atoms with Crippen LogP contribution in [-0.2, 0) is 9.53 Å². The Labute approximate surface area is 145 Å². The smallest absolute Gasteiger partial charge is 0.316 e. The number of halogens is 1. The number of benzene rings is 1. The van der Waals surface area contributed by atoms with Crippen molar-refractivity contribution in [1.29, 1.82) is 0 Å². The van der Waals surface area contributed by atoms with E-state index in [1.54, 1.807) is 0 Å². The maximum absolute atomic E-state index is 12.7.